The molecule has 0 radical (unpaired) electrons. The summed E-state index contributed by atoms with van der Waals surface area (Å²) in [6.07, 6.45) is 0. The summed E-state index contributed by atoms with van der Waals surface area (Å²) in [6, 6.07) is 20.8. The van der Waals surface area contributed by atoms with Gasteiger partial charge in [0.1, 0.15) is 11.5 Å². The predicted octanol–water partition coefficient (Wildman–Crippen LogP) is 5.71. The fraction of sp³-hybridized carbons (Fsp3) is 0.174. The zero-order valence-corrected chi connectivity index (χ0v) is 17.0. The summed E-state index contributed by atoms with van der Waals surface area (Å²) in [4.78, 5) is 12.2. The first kappa shape index (κ1) is 21.5. The number of aryl methyl sites for hydroxylation is 2. The SMILES string of the molecule is CNCC(=O)c1ccc(Oc2ccc(C)cc2)c(Oc2ccc(C)cc2)c1.Cl. The summed E-state index contributed by atoms with van der Waals surface area (Å²) in [7, 11) is 1.75. The second kappa shape index (κ2) is 9.93. The first-order valence-electron chi connectivity index (χ1n) is 8.86. The first-order valence-corrected chi connectivity index (χ1v) is 8.86. The maximum atomic E-state index is 12.2. The third-order valence-corrected chi connectivity index (χ3v) is 4.10. The van der Waals surface area contributed by atoms with Crippen LogP contribution in [0.5, 0.6) is 23.0 Å². The summed E-state index contributed by atoms with van der Waals surface area (Å²) in [5, 5.41) is 2.88. The zero-order valence-electron chi connectivity index (χ0n) is 16.2. The Balaban J connectivity index is 0.00000280. The number of ketones is 1. The van der Waals surface area contributed by atoms with Crippen LogP contribution in [-0.2, 0) is 0 Å². The van der Waals surface area contributed by atoms with Crippen molar-refractivity contribution in [2.75, 3.05) is 13.6 Å². The Morgan fingerprint density at radius 3 is 1.79 bits per heavy atom. The molecule has 0 bridgehead atoms. The molecular formula is C23H24ClNO3. The third kappa shape index (κ3) is 5.59. The van der Waals surface area contributed by atoms with Crippen molar-refractivity contribution in [3.63, 3.8) is 0 Å². The van der Waals surface area contributed by atoms with Gasteiger partial charge >= 0.3 is 0 Å². The van der Waals surface area contributed by atoms with Crippen molar-refractivity contribution in [1.82, 2.24) is 5.32 Å². The second-order valence-electron chi connectivity index (χ2n) is 6.45. The Morgan fingerprint density at radius 1 is 0.786 bits per heavy atom. The van der Waals surface area contributed by atoms with Gasteiger partial charge in [0.25, 0.3) is 0 Å². The van der Waals surface area contributed by atoms with Crippen LogP contribution in [0.3, 0.4) is 0 Å². The fourth-order valence-corrected chi connectivity index (χ4v) is 2.57. The minimum absolute atomic E-state index is 0. The van der Waals surface area contributed by atoms with E-state index < -0.39 is 0 Å². The molecule has 0 aliphatic carbocycles. The van der Waals surface area contributed by atoms with E-state index in [0.717, 1.165) is 11.1 Å². The van der Waals surface area contributed by atoms with Gasteiger partial charge in [0.05, 0.1) is 6.54 Å². The van der Waals surface area contributed by atoms with E-state index in [1.54, 1.807) is 25.2 Å². The topological polar surface area (TPSA) is 47.6 Å². The van der Waals surface area contributed by atoms with Gasteiger partial charge in [-0.05, 0) is 63.4 Å². The minimum Gasteiger partial charge on any atom is -0.453 e. The first-order chi connectivity index (χ1) is 13.0. The molecule has 0 fully saturated rings. The molecule has 146 valence electrons. The maximum absolute atomic E-state index is 12.2. The van der Waals surface area contributed by atoms with Crippen LogP contribution in [0.2, 0.25) is 0 Å². The van der Waals surface area contributed by atoms with Crippen molar-refractivity contribution in [1.29, 1.82) is 0 Å². The molecule has 5 heteroatoms. The molecule has 3 aromatic carbocycles. The highest BCUT2D eigenvalue weighted by molar-refractivity contribution is 5.98. The van der Waals surface area contributed by atoms with Gasteiger partial charge in [0.15, 0.2) is 17.3 Å². The molecule has 0 spiro atoms. The number of nitrogens with one attached hydrogen (secondary N) is 1. The molecule has 3 aromatic rings. The van der Waals surface area contributed by atoms with E-state index in [1.165, 1.54) is 0 Å². The van der Waals surface area contributed by atoms with Gasteiger partial charge in [-0.3, -0.25) is 4.79 Å². The van der Waals surface area contributed by atoms with E-state index >= 15 is 0 Å². The molecule has 0 atom stereocenters. The lowest BCUT2D eigenvalue weighted by atomic mass is 10.1. The number of hydrogen-bond acceptors (Lipinski definition) is 4. The van der Waals surface area contributed by atoms with Crippen molar-refractivity contribution < 1.29 is 14.3 Å². The molecule has 3 rings (SSSR count). The lowest BCUT2D eigenvalue weighted by Crippen LogP contribution is -2.18. The second-order valence-corrected chi connectivity index (χ2v) is 6.45. The van der Waals surface area contributed by atoms with Gasteiger partial charge in [-0.15, -0.1) is 12.4 Å². The number of Topliss-reactive ketones (excluding diaryl/α,β-unsaturated/α-hetero) is 1. The van der Waals surface area contributed by atoms with Crippen LogP contribution < -0.4 is 14.8 Å². The molecule has 0 saturated carbocycles. The summed E-state index contributed by atoms with van der Waals surface area (Å²) < 4.78 is 12.0. The highest BCUT2D eigenvalue weighted by Crippen LogP contribution is 2.36. The fourth-order valence-electron chi connectivity index (χ4n) is 2.57. The summed E-state index contributed by atoms with van der Waals surface area (Å²) in [5.74, 6) is 2.45. The van der Waals surface area contributed by atoms with Crippen molar-refractivity contribution in [2.24, 2.45) is 0 Å². The largest absolute Gasteiger partial charge is 0.453 e. The van der Waals surface area contributed by atoms with Crippen LogP contribution in [0.4, 0.5) is 0 Å². The Bertz CT molecular complexity index is 922. The van der Waals surface area contributed by atoms with Crippen LogP contribution >= 0.6 is 12.4 Å². The highest BCUT2D eigenvalue weighted by atomic mass is 35.5. The Hall–Kier alpha value is -2.82. The number of ether oxygens (including phenoxy) is 2. The standard InChI is InChI=1S/C23H23NO3.ClH/c1-16-4-9-19(10-5-16)26-22-13-8-18(21(25)15-24-3)14-23(22)27-20-11-6-17(2)7-12-20;/h4-14,24H,15H2,1-3H3;1H. The molecule has 0 unspecified atom stereocenters. The van der Waals surface area contributed by atoms with E-state index in [0.29, 0.717) is 28.6 Å². The Morgan fingerprint density at radius 2 is 1.29 bits per heavy atom. The van der Waals surface area contributed by atoms with Crippen LogP contribution in [-0.4, -0.2) is 19.4 Å². The quantitative estimate of drug-likeness (QED) is 0.518. The number of halogens is 1. The molecule has 0 aliphatic rings. The van der Waals surface area contributed by atoms with Gasteiger partial charge in [-0.1, -0.05) is 35.4 Å². The van der Waals surface area contributed by atoms with Gasteiger partial charge < -0.3 is 14.8 Å². The zero-order chi connectivity index (χ0) is 19.2. The lowest BCUT2D eigenvalue weighted by molar-refractivity contribution is 0.0993. The average molecular weight is 398 g/mol. The van der Waals surface area contributed by atoms with Crippen LogP contribution in [0.25, 0.3) is 0 Å². The smallest absolute Gasteiger partial charge is 0.176 e. The molecule has 0 heterocycles. The van der Waals surface area contributed by atoms with Crippen molar-refractivity contribution in [3.05, 3.63) is 83.4 Å². The van der Waals surface area contributed by atoms with Gasteiger partial charge in [0, 0.05) is 5.56 Å². The van der Waals surface area contributed by atoms with Gasteiger partial charge in [0.2, 0.25) is 0 Å². The van der Waals surface area contributed by atoms with Crippen molar-refractivity contribution in [3.8, 4) is 23.0 Å². The monoisotopic (exact) mass is 397 g/mol. The Labute approximate surface area is 171 Å². The van der Waals surface area contributed by atoms with E-state index in [-0.39, 0.29) is 24.7 Å². The molecule has 0 saturated heterocycles. The van der Waals surface area contributed by atoms with E-state index in [1.807, 2.05) is 62.4 Å². The van der Waals surface area contributed by atoms with Crippen LogP contribution in [0, 0.1) is 13.8 Å². The number of carbonyl (C=O) groups is 1. The number of benzene rings is 3. The molecule has 0 amide bonds. The molecule has 0 aromatic heterocycles. The lowest BCUT2D eigenvalue weighted by Gasteiger charge is -2.14. The number of carbonyl (C=O) groups excluding carboxylic acids is 1. The van der Waals surface area contributed by atoms with Crippen LogP contribution in [0.1, 0.15) is 21.5 Å². The number of rotatable bonds is 7. The highest BCUT2D eigenvalue weighted by Gasteiger charge is 2.13. The predicted molar refractivity (Wildman–Crippen MR) is 114 cm³/mol. The van der Waals surface area contributed by atoms with Crippen molar-refractivity contribution in [2.45, 2.75) is 13.8 Å². The summed E-state index contributed by atoms with van der Waals surface area (Å²) in [5.41, 5.74) is 2.88. The Kier molecular flexibility index (Phi) is 7.61. The summed E-state index contributed by atoms with van der Waals surface area (Å²) >= 11 is 0. The van der Waals surface area contributed by atoms with Gasteiger partial charge in [-0.25, -0.2) is 0 Å². The number of hydrogen-bond donors (Lipinski definition) is 1. The molecular weight excluding hydrogens is 374 g/mol. The maximum Gasteiger partial charge on any atom is 0.176 e. The number of likely N-dealkylation sites (N-methyl/N-ethyl adjacent to an activating group) is 1. The van der Waals surface area contributed by atoms with E-state index in [4.69, 9.17) is 9.47 Å². The van der Waals surface area contributed by atoms with E-state index in [9.17, 15) is 4.79 Å². The molecule has 28 heavy (non-hydrogen) atoms. The molecule has 1 N–H and O–H groups in total. The third-order valence-electron chi connectivity index (χ3n) is 4.10. The average Bonchev–Trinajstić information content (AvgIpc) is 2.67. The normalized spacial score (nSPS) is 10.1. The van der Waals surface area contributed by atoms with Gasteiger partial charge in [-0.2, -0.15) is 0 Å². The molecule has 0 aliphatic heterocycles. The summed E-state index contributed by atoms with van der Waals surface area (Å²) in [6.45, 7) is 4.31. The minimum atomic E-state index is -0.00635. The van der Waals surface area contributed by atoms with Crippen molar-refractivity contribution >= 4 is 18.2 Å². The molecule has 4 nitrogen and oxygen atoms in total. The van der Waals surface area contributed by atoms with E-state index in [2.05, 4.69) is 5.32 Å². The van der Waals surface area contributed by atoms with Crippen LogP contribution in [0.15, 0.2) is 66.7 Å².